The van der Waals surface area contributed by atoms with Crippen molar-refractivity contribution in [1.29, 1.82) is 0 Å². The Morgan fingerprint density at radius 3 is 2.15 bits per heavy atom. The maximum Gasteiger partial charge on any atom is 0.410 e. The lowest BCUT2D eigenvalue weighted by Gasteiger charge is -2.43. The standard InChI is InChI=1S/C25H34F2N4O2/c1-25(2,3)33-24(32)30-12-13-31(22-7-5-18(9-11-29)15-21(22)27)23(16-30)19-6-4-17(8-10-28)14-20(19)26/h4-7,14-15,23H,8-13,16,28-29H2,1-3H3. The minimum Gasteiger partial charge on any atom is -0.444 e. The minimum absolute atomic E-state index is 0.173. The van der Waals surface area contributed by atoms with Gasteiger partial charge < -0.3 is 26.0 Å². The first kappa shape index (κ1) is 24.9. The molecule has 6 nitrogen and oxygen atoms in total. The number of amides is 1. The zero-order valence-corrected chi connectivity index (χ0v) is 19.6. The van der Waals surface area contributed by atoms with Gasteiger partial charge >= 0.3 is 6.09 Å². The van der Waals surface area contributed by atoms with E-state index in [2.05, 4.69) is 0 Å². The third-order valence-corrected chi connectivity index (χ3v) is 5.64. The molecule has 1 saturated heterocycles. The Balaban J connectivity index is 1.96. The fraction of sp³-hybridized carbons (Fsp3) is 0.480. The van der Waals surface area contributed by atoms with Crippen LogP contribution in [0.1, 0.15) is 43.5 Å². The lowest BCUT2D eigenvalue weighted by atomic mass is 9.98. The van der Waals surface area contributed by atoms with E-state index < -0.39 is 29.4 Å². The fourth-order valence-corrected chi connectivity index (χ4v) is 4.10. The van der Waals surface area contributed by atoms with Gasteiger partial charge in [0.1, 0.15) is 17.2 Å². The quantitative estimate of drug-likeness (QED) is 0.686. The summed E-state index contributed by atoms with van der Waals surface area (Å²) in [5, 5.41) is 0. The Hall–Kier alpha value is -2.71. The van der Waals surface area contributed by atoms with Crippen LogP contribution in [0.15, 0.2) is 36.4 Å². The first-order valence-corrected chi connectivity index (χ1v) is 11.3. The van der Waals surface area contributed by atoms with E-state index in [1.807, 2.05) is 17.0 Å². The summed E-state index contributed by atoms with van der Waals surface area (Å²) < 4.78 is 35.8. The predicted molar refractivity (Wildman–Crippen MR) is 126 cm³/mol. The molecule has 0 saturated carbocycles. The van der Waals surface area contributed by atoms with Gasteiger partial charge in [0.25, 0.3) is 0 Å². The van der Waals surface area contributed by atoms with Crippen molar-refractivity contribution in [3.05, 3.63) is 64.7 Å². The van der Waals surface area contributed by atoms with Crippen molar-refractivity contribution in [1.82, 2.24) is 4.90 Å². The van der Waals surface area contributed by atoms with E-state index in [0.29, 0.717) is 50.3 Å². The van der Waals surface area contributed by atoms with E-state index in [1.165, 1.54) is 12.1 Å². The van der Waals surface area contributed by atoms with E-state index in [0.717, 1.165) is 11.1 Å². The zero-order valence-electron chi connectivity index (χ0n) is 19.6. The second-order valence-electron chi connectivity index (χ2n) is 9.35. The summed E-state index contributed by atoms with van der Waals surface area (Å²) in [6.45, 7) is 7.08. The van der Waals surface area contributed by atoms with Gasteiger partial charge in [-0.25, -0.2) is 13.6 Å². The van der Waals surface area contributed by atoms with Crippen LogP contribution < -0.4 is 16.4 Å². The Bertz CT molecular complexity index is 977. The van der Waals surface area contributed by atoms with E-state index in [9.17, 15) is 4.79 Å². The lowest BCUT2D eigenvalue weighted by Crippen LogP contribution is -2.52. The van der Waals surface area contributed by atoms with E-state index >= 15 is 8.78 Å². The smallest absolute Gasteiger partial charge is 0.410 e. The van der Waals surface area contributed by atoms with E-state index in [-0.39, 0.29) is 6.54 Å². The Labute approximate surface area is 194 Å². The molecule has 4 N–H and O–H groups in total. The minimum atomic E-state index is -0.649. The topological polar surface area (TPSA) is 84.8 Å². The van der Waals surface area contributed by atoms with Crippen LogP contribution in [-0.2, 0) is 17.6 Å². The van der Waals surface area contributed by atoms with Crippen molar-refractivity contribution < 1.29 is 18.3 Å². The molecule has 3 rings (SSSR count). The molecule has 0 aromatic heterocycles. The van der Waals surface area contributed by atoms with Crippen molar-refractivity contribution in [2.24, 2.45) is 11.5 Å². The fourth-order valence-electron chi connectivity index (χ4n) is 4.10. The van der Waals surface area contributed by atoms with Crippen LogP contribution in [0.3, 0.4) is 0 Å². The molecule has 1 amide bonds. The van der Waals surface area contributed by atoms with Gasteiger partial charge in [-0.15, -0.1) is 0 Å². The number of ether oxygens (including phenoxy) is 1. The van der Waals surface area contributed by atoms with Crippen LogP contribution in [0.5, 0.6) is 0 Å². The molecule has 180 valence electrons. The normalized spacial score (nSPS) is 16.8. The number of hydrogen-bond acceptors (Lipinski definition) is 5. The molecule has 1 unspecified atom stereocenters. The SMILES string of the molecule is CC(C)(C)OC(=O)N1CCN(c2ccc(CCN)cc2F)C(c2ccc(CCN)cc2F)C1. The summed E-state index contributed by atoms with van der Waals surface area (Å²) in [5.74, 6) is -0.793. The van der Waals surface area contributed by atoms with Crippen LogP contribution in [-0.4, -0.2) is 49.3 Å². The number of hydrogen-bond donors (Lipinski definition) is 2. The average Bonchev–Trinajstić information content (AvgIpc) is 2.73. The molecule has 2 aromatic rings. The summed E-state index contributed by atoms with van der Waals surface area (Å²) in [7, 11) is 0. The molecule has 1 atom stereocenters. The molecule has 8 heteroatoms. The molecule has 1 aliphatic rings. The largest absolute Gasteiger partial charge is 0.444 e. The number of benzene rings is 2. The summed E-state index contributed by atoms with van der Waals surface area (Å²) >= 11 is 0. The second-order valence-corrected chi connectivity index (χ2v) is 9.35. The number of anilines is 1. The molecule has 0 spiro atoms. The number of nitrogens with zero attached hydrogens (tertiary/aromatic N) is 2. The molecular weight excluding hydrogens is 426 g/mol. The Kier molecular flexibility index (Phi) is 7.92. The van der Waals surface area contributed by atoms with Crippen molar-refractivity contribution in [2.45, 2.75) is 45.3 Å². The molecular formula is C25H34F2N4O2. The summed E-state index contributed by atoms with van der Waals surface area (Å²) in [5.41, 5.74) is 12.9. The molecule has 0 bridgehead atoms. The molecule has 1 aliphatic heterocycles. The van der Waals surface area contributed by atoms with Gasteiger partial charge in [-0.2, -0.15) is 0 Å². The third kappa shape index (κ3) is 6.21. The maximum absolute atomic E-state index is 15.2. The Morgan fingerprint density at radius 2 is 1.61 bits per heavy atom. The average molecular weight is 461 g/mol. The van der Waals surface area contributed by atoms with Crippen LogP contribution in [0, 0.1) is 11.6 Å². The van der Waals surface area contributed by atoms with Gasteiger partial charge in [-0.1, -0.05) is 18.2 Å². The maximum atomic E-state index is 15.2. The highest BCUT2D eigenvalue weighted by Gasteiger charge is 2.35. The van der Waals surface area contributed by atoms with Gasteiger partial charge in [0, 0.05) is 25.2 Å². The number of piperazine rings is 1. The highest BCUT2D eigenvalue weighted by atomic mass is 19.1. The van der Waals surface area contributed by atoms with Crippen LogP contribution in [0.2, 0.25) is 0 Å². The molecule has 1 heterocycles. The van der Waals surface area contributed by atoms with Gasteiger partial charge in [0.2, 0.25) is 0 Å². The number of nitrogens with two attached hydrogens (primary N) is 2. The van der Waals surface area contributed by atoms with Crippen LogP contribution >= 0.6 is 0 Å². The predicted octanol–water partition coefficient (Wildman–Crippen LogP) is 3.77. The molecule has 0 aliphatic carbocycles. The summed E-state index contributed by atoms with van der Waals surface area (Å²) in [4.78, 5) is 16.1. The molecule has 1 fully saturated rings. The summed E-state index contributed by atoms with van der Waals surface area (Å²) in [6.07, 6.45) is 0.669. The van der Waals surface area contributed by atoms with E-state index in [1.54, 1.807) is 37.8 Å². The van der Waals surface area contributed by atoms with Gasteiger partial charge in [-0.3, -0.25) is 0 Å². The number of rotatable bonds is 6. The highest BCUT2D eigenvalue weighted by molar-refractivity contribution is 5.69. The molecule has 33 heavy (non-hydrogen) atoms. The number of halogens is 2. The van der Waals surface area contributed by atoms with E-state index in [4.69, 9.17) is 16.2 Å². The third-order valence-electron chi connectivity index (χ3n) is 5.64. The van der Waals surface area contributed by atoms with Gasteiger partial charge in [0.05, 0.1) is 11.7 Å². The van der Waals surface area contributed by atoms with Crippen molar-refractivity contribution in [3.63, 3.8) is 0 Å². The first-order chi connectivity index (χ1) is 15.6. The summed E-state index contributed by atoms with van der Waals surface area (Å²) in [6, 6.07) is 9.44. The van der Waals surface area contributed by atoms with Gasteiger partial charge in [-0.05, 0) is 76.0 Å². The van der Waals surface area contributed by atoms with Gasteiger partial charge in [0.15, 0.2) is 0 Å². The zero-order chi connectivity index (χ0) is 24.2. The lowest BCUT2D eigenvalue weighted by molar-refractivity contribution is 0.0212. The van der Waals surface area contributed by atoms with Crippen molar-refractivity contribution >= 4 is 11.8 Å². The molecule has 2 aromatic carbocycles. The van der Waals surface area contributed by atoms with Crippen molar-refractivity contribution in [2.75, 3.05) is 37.6 Å². The van der Waals surface area contributed by atoms with Crippen LogP contribution in [0.4, 0.5) is 19.3 Å². The highest BCUT2D eigenvalue weighted by Crippen LogP contribution is 2.35. The first-order valence-electron chi connectivity index (χ1n) is 11.3. The second kappa shape index (κ2) is 10.5. The van der Waals surface area contributed by atoms with Crippen molar-refractivity contribution in [3.8, 4) is 0 Å². The van der Waals surface area contributed by atoms with Crippen LogP contribution in [0.25, 0.3) is 0 Å². The number of carbonyl (C=O) groups is 1. The monoisotopic (exact) mass is 460 g/mol. The molecule has 0 radical (unpaired) electrons. The number of carbonyl (C=O) groups excluding carboxylic acids is 1. The Morgan fingerprint density at radius 1 is 1.00 bits per heavy atom.